The van der Waals surface area contributed by atoms with E-state index in [1.807, 2.05) is 0 Å². The maximum Gasteiger partial charge on any atom is 0.204 e. The van der Waals surface area contributed by atoms with E-state index in [-0.39, 0.29) is 0 Å². The molecule has 2 rings (SSSR count). The molecule has 0 aliphatic rings. The SMILES string of the molecule is CCOc1c(F)c(F)c(-c2c(F)c(F)c(O)c(F)c2F)c(F)c1F. The van der Waals surface area contributed by atoms with Gasteiger partial charge in [0.15, 0.2) is 34.8 Å². The molecule has 0 aliphatic heterocycles. The Morgan fingerprint density at radius 1 is 0.625 bits per heavy atom. The lowest BCUT2D eigenvalue weighted by atomic mass is 10.0. The molecule has 0 aromatic heterocycles. The smallest absolute Gasteiger partial charge is 0.204 e. The van der Waals surface area contributed by atoms with Gasteiger partial charge in [0.2, 0.25) is 23.3 Å². The summed E-state index contributed by atoms with van der Waals surface area (Å²) in [7, 11) is 0. The van der Waals surface area contributed by atoms with Crippen LogP contribution < -0.4 is 4.74 Å². The molecule has 0 atom stereocenters. The molecule has 0 saturated carbocycles. The number of rotatable bonds is 3. The number of phenolic OH excluding ortho intramolecular Hbond substituents is 1. The number of benzene rings is 2. The van der Waals surface area contributed by atoms with E-state index in [4.69, 9.17) is 5.11 Å². The molecule has 0 amide bonds. The Morgan fingerprint density at radius 2 is 0.958 bits per heavy atom. The van der Waals surface area contributed by atoms with Crippen LogP contribution >= 0.6 is 0 Å². The van der Waals surface area contributed by atoms with Gasteiger partial charge in [-0.05, 0) is 6.92 Å². The van der Waals surface area contributed by atoms with Crippen molar-refractivity contribution in [3.8, 4) is 22.6 Å². The summed E-state index contributed by atoms with van der Waals surface area (Å²) in [5, 5.41) is 8.82. The number of phenols is 1. The van der Waals surface area contributed by atoms with E-state index in [0.717, 1.165) is 0 Å². The minimum absolute atomic E-state index is 0.406. The van der Waals surface area contributed by atoms with Crippen LogP contribution in [0.5, 0.6) is 11.5 Å². The summed E-state index contributed by atoms with van der Waals surface area (Å²) in [5.41, 5.74) is -4.08. The Kier molecular flexibility index (Phi) is 4.59. The van der Waals surface area contributed by atoms with Gasteiger partial charge < -0.3 is 9.84 Å². The van der Waals surface area contributed by atoms with Gasteiger partial charge in [0.25, 0.3) is 0 Å². The van der Waals surface area contributed by atoms with Crippen LogP contribution in [0.2, 0.25) is 0 Å². The molecule has 1 N–H and O–H groups in total. The zero-order chi connectivity index (χ0) is 18.3. The van der Waals surface area contributed by atoms with Crippen molar-refractivity contribution in [1.29, 1.82) is 0 Å². The third-order valence-electron chi connectivity index (χ3n) is 3.00. The lowest BCUT2D eigenvalue weighted by Crippen LogP contribution is -2.09. The fraction of sp³-hybridized carbons (Fsp3) is 0.143. The lowest BCUT2D eigenvalue weighted by molar-refractivity contribution is 0.287. The van der Waals surface area contributed by atoms with Crippen LogP contribution in [0.1, 0.15) is 6.92 Å². The van der Waals surface area contributed by atoms with Crippen molar-refractivity contribution in [3.63, 3.8) is 0 Å². The average molecular weight is 358 g/mol. The standard InChI is InChI=1S/C14H6F8O2/c1-2-24-14-11(21)7(17)4(8(18)12(14)22)3-5(15)9(19)13(23)10(20)6(3)16/h23H,2H2,1H3. The van der Waals surface area contributed by atoms with Gasteiger partial charge in [0, 0.05) is 0 Å². The van der Waals surface area contributed by atoms with E-state index in [1.54, 1.807) is 0 Å². The van der Waals surface area contributed by atoms with Gasteiger partial charge in [0.1, 0.15) is 0 Å². The Hall–Kier alpha value is -2.52. The van der Waals surface area contributed by atoms with Crippen LogP contribution in [0.15, 0.2) is 0 Å². The van der Waals surface area contributed by atoms with Crippen molar-refractivity contribution < 1.29 is 45.0 Å². The molecule has 0 bridgehead atoms. The molecule has 2 nitrogen and oxygen atoms in total. The number of ether oxygens (including phenoxy) is 1. The van der Waals surface area contributed by atoms with E-state index < -0.39 is 75.8 Å². The Bertz CT molecular complexity index is 776. The summed E-state index contributed by atoms with van der Waals surface area (Å²) in [6.45, 7) is 0.823. The molecule has 0 saturated heterocycles. The maximum absolute atomic E-state index is 13.9. The molecule has 10 heteroatoms. The molecule has 24 heavy (non-hydrogen) atoms. The fourth-order valence-electron chi connectivity index (χ4n) is 1.94. The first-order valence-corrected chi connectivity index (χ1v) is 6.19. The van der Waals surface area contributed by atoms with Crippen molar-refractivity contribution in [2.45, 2.75) is 6.92 Å². The highest BCUT2D eigenvalue weighted by Gasteiger charge is 2.34. The third-order valence-corrected chi connectivity index (χ3v) is 3.00. The van der Waals surface area contributed by atoms with E-state index in [0.29, 0.717) is 0 Å². The second-order valence-electron chi connectivity index (χ2n) is 4.37. The monoisotopic (exact) mass is 358 g/mol. The zero-order valence-corrected chi connectivity index (χ0v) is 11.6. The van der Waals surface area contributed by atoms with E-state index in [2.05, 4.69) is 4.74 Å². The Balaban J connectivity index is 2.95. The maximum atomic E-state index is 13.9. The first-order valence-electron chi connectivity index (χ1n) is 6.19. The predicted octanol–water partition coefficient (Wildman–Crippen LogP) is 4.57. The quantitative estimate of drug-likeness (QED) is 0.643. The minimum atomic E-state index is -2.44. The summed E-state index contributed by atoms with van der Waals surface area (Å²) in [5.74, 6) is -22.2. The highest BCUT2D eigenvalue weighted by molar-refractivity contribution is 5.69. The van der Waals surface area contributed by atoms with Crippen molar-refractivity contribution in [3.05, 3.63) is 46.5 Å². The van der Waals surface area contributed by atoms with Gasteiger partial charge in [-0.3, -0.25) is 0 Å². The molecule has 0 unspecified atom stereocenters. The van der Waals surface area contributed by atoms with Gasteiger partial charge in [-0.2, -0.15) is 17.6 Å². The normalized spacial score (nSPS) is 11.0. The van der Waals surface area contributed by atoms with E-state index >= 15 is 0 Å². The third kappa shape index (κ3) is 2.42. The predicted molar refractivity (Wildman–Crippen MR) is 64.4 cm³/mol. The molecule has 0 aliphatic carbocycles. The topological polar surface area (TPSA) is 29.5 Å². The van der Waals surface area contributed by atoms with Crippen molar-refractivity contribution in [2.75, 3.05) is 6.61 Å². The minimum Gasteiger partial charge on any atom is -0.503 e. The molecule has 0 heterocycles. The van der Waals surface area contributed by atoms with Crippen LogP contribution in [0.25, 0.3) is 11.1 Å². The number of halogens is 8. The largest absolute Gasteiger partial charge is 0.503 e. The summed E-state index contributed by atoms with van der Waals surface area (Å²) < 4.78 is 114. The van der Waals surface area contributed by atoms with Crippen molar-refractivity contribution in [2.24, 2.45) is 0 Å². The number of aromatic hydroxyl groups is 1. The van der Waals surface area contributed by atoms with Gasteiger partial charge in [-0.25, -0.2) is 17.6 Å². The van der Waals surface area contributed by atoms with Gasteiger partial charge in [-0.15, -0.1) is 0 Å². The van der Waals surface area contributed by atoms with Crippen molar-refractivity contribution in [1.82, 2.24) is 0 Å². The second kappa shape index (κ2) is 6.17. The van der Waals surface area contributed by atoms with Crippen LogP contribution in [0.3, 0.4) is 0 Å². The Morgan fingerprint density at radius 3 is 1.29 bits per heavy atom. The lowest BCUT2D eigenvalue weighted by Gasteiger charge is -2.14. The van der Waals surface area contributed by atoms with Gasteiger partial charge >= 0.3 is 0 Å². The Labute approximate surface area is 128 Å². The highest BCUT2D eigenvalue weighted by Crippen LogP contribution is 2.41. The molecule has 0 radical (unpaired) electrons. The van der Waals surface area contributed by atoms with E-state index in [1.165, 1.54) is 6.92 Å². The molecule has 2 aromatic carbocycles. The molecular weight excluding hydrogens is 352 g/mol. The van der Waals surface area contributed by atoms with Crippen molar-refractivity contribution >= 4 is 0 Å². The zero-order valence-electron chi connectivity index (χ0n) is 11.6. The molecule has 0 fully saturated rings. The summed E-state index contributed by atoms with van der Waals surface area (Å²) in [6, 6.07) is 0. The molecular formula is C14H6F8O2. The van der Waals surface area contributed by atoms with Gasteiger partial charge in [-0.1, -0.05) is 0 Å². The fourth-order valence-corrected chi connectivity index (χ4v) is 1.94. The average Bonchev–Trinajstić information content (AvgIpc) is 2.56. The van der Waals surface area contributed by atoms with E-state index in [9.17, 15) is 35.1 Å². The molecule has 130 valence electrons. The first kappa shape index (κ1) is 17.8. The van der Waals surface area contributed by atoms with Crippen LogP contribution in [0, 0.1) is 46.5 Å². The van der Waals surface area contributed by atoms with Crippen LogP contribution in [0.4, 0.5) is 35.1 Å². The summed E-state index contributed by atoms with van der Waals surface area (Å²) >= 11 is 0. The van der Waals surface area contributed by atoms with Crippen LogP contribution in [-0.4, -0.2) is 11.7 Å². The number of hydrogen-bond donors (Lipinski definition) is 1. The second-order valence-corrected chi connectivity index (χ2v) is 4.37. The number of hydrogen-bond acceptors (Lipinski definition) is 2. The molecule has 0 spiro atoms. The van der Waals surface area contributed by atoms with Crippen LogP contribution in [-0.2, 0) is 0 Å². The first-order chi connectivity index (χ1) is 11.1. The highest BCUT2D eigenvalue weighted by atomic mass is 19.2. The summed E-state index contributed by atoms with van der Waals surface area (Å²) in [4.78, 5) is 0. The van der Waals surface area contributed by atoms with Gasteiger partial charge in [0.05, 0.1) is 17.7 Å². The molecule has 2 aromatic rings. The summed E-state index contributed by atoms with van der Waals surface area (Å²) in [6.07, 6.45) is 0.